The second kappa shape index (κ2) is 9.25. The van der Waals surface area contributed by atoms with E-state index in [1.807, 2.05) is 31.3 Å². The molecular formula is C21H21ClN4O3. The van der Waals surface area contributed by atoms with Gasteiger partial charge in [0.1, 0.15) is 17.9 Å². The number of fused-ring (bicyclic) bond motifs is 1. The second-order valence-corrected chi connectivity index (χ2v) is 6.54. The van der Waals surface area contributed by atoms with Gasteiger partial charge in [0.15, 0.2) is 5.15 Å². The van der Waals surface area contributed by atoms with Crippen molar-refractivity contribution in [2.24, 2.45) is 0 Å². The summed E-state index contributed by atoms with van der Waals surface area (Å²) in [7, 11) is 1.56. The molecule has 0 spiro atoms. The van der Waals surface area contributed by atoms with Crippen LogP contribution in [-0.4, -0.2) is 46.3 Å². The maximum Gasteiger partial charge on any atom is 0.247 e. The SMILES string of the molecule is CCN(CC(=O)Nc1cccc(OC)c1)C(=O)C=Cc1c(Cl)nc2ccccn12. The van der Waals surface area contributed by atoms with Crippen LogP contribution in [0.25, 0.3) is 11.7 Å². The number of pyridine rings is 1. The van der Waals surface area contributed by atoms with Crippen LogP contribution in [0.2, 0.25) is 5.15 Å². The summed E-state index contributed by atoms with van der Waals surface area (Å²) >= 11 is 6.18. The van der Waals surface area contributed by atoms with E-state index < -0.39 is 0 Å². The molecule has 29 heavy (non-hydrogen) atoms. The number of rotatable bonds is 7. The molecule has 1 N–H and O–H groups in total. The van der Waals surface area contributed by atoms with Gasteiger partial charge in [-0.05, 0) is 37.3 Å². The zero-order valence-corrected chi connectivity index (χ0v) is 16.9. The van der Waals surface area contributed by atoms with Crippen LogP contribution in [0, 0.1) is 0 Å². The van der Waals surface area contributed by atoms with Crippen molar-refractivity contribution >= 4 is 40.8 Å². The number of methoxy groups -OCH3 is 1. The summed E-state index contributed by atoms with van der Waals surface area (Å²) in [6, 6.07) is 12.6. The Hall–Kier alpha value is -3.32. The molecule has 2 heterocycles. The van der Waals surface area contributed by atoms with E-state index in [-0.39, 0.29) is 18.4 Å². The van der Waals surface area contributed by atoms with Crippen molar-refractivity contribution in [3.8, 4) is 5.75 Å². The zero-order valence-electron chi connectivity index (χ0n) is 16.1. The lowest BCUT2D eigenvalue weighted by Crippen LogP contribution is -2.36. The average Bonchev–Trinajstić information content (AvgIpc) is 3.05. The van der Waals surface area contributed by atoms with E-state index in [1.165, 1.54) is 11.0 Å². The maximum absolute atomic E-state index is 12.6. The number of hydrogen-bond donors (Lipinski definition) is 1. The minimum atomic E-state index is -0.297. The van der Waals surface area contributed by atoms with E-state index in [0.717, 1.165) is 0 Å². The van der Waals surface area contributed by atoms with Crippen LogP contribution in [0.3, 0.4) is 0 Å². The Morgan fingerprint density at radius 2 is 2.10 bits per heavy atom. The number of halogens is 1. The normalized spacial score (nSPS) is 11.0. The molecule has 150 valence electrons. The van der Waals surface area contributed by atoms with Crippen LogP contribution in [0.15, 0.2) is 54.7 Å². The molecule has 8 heteroatoms. The highest BCUT2D eigenvalue weighted by Crippen LogP contribution is 2.19. The summed E-state index contributed by atoms with van der Waals surface area (Å²) in [5, 5.41) is 3.07. The summed E-state index contributed by atoms with van der Waals surface area (Å²) in [6.07, 6.45) is 4.81. The molecule has 0 aliphatic heterocycles. The molecule has 0 bridgehead atoms. The molecule has 2 aromatic heterocycles. The molecule has 2 amide bonds. The third-order valence-corrected chi connectivity index (χ3v) is 4.57. The molecule has 3 rings (SSSR count). The highest BCUT2D eigenvalue weighted by Gasteiger charge is 2.14. The number of amides is 2. The molecule has 0 saturated heterocycles. The van der Waals surface area contributed by atoms with Crippen molar-refractivity contribution in [3.63, 3.8) is 0 Å². The number of nitrogens with zero attached hydrogens (tertiary/aromatic N) is 3. The largest absolute Gasteiger partial charge is 0.497 e. The Morgan fingerprint density at radius 3 is 2.86 bits per heavy atom. The van der Waals surface area contributed by atoms with Gasteiger partial charge >= 0.3 is 0 Å². The maximum atomic E-state index is 12.6. The molecule has 0 aliphatic carbocycles. The fourth-order valence-corrected chi connectivity index (χ4v) is 3.05. The van der Waals surface area contributed by atoms with Gasteiger partial charge in [0.05, 0.1) is 12.8 Å². The van der Waals surface area contributed by atoms with Crippen LogP contribution in [-0.2, 0) is 9.59 Å². The standard InChI is InChI=1S/C21H21ClN4O3/c1-3-25(14-19(27)23-15-7-6-8-16(13-15)29-2)20(28)11-10-17-21(22)24-18-9-4-5-12-26(17)18/h4-13H,3,14H2,1-2H3,(H,23,27). The molecule has 0 fully saturated rings. The predicted octanol–water partition coefficient (Wildman–Crippen LogP) is 3.50. The van der Waals surface area contributed by atoms with Crippen LogP contribution < -0.4 is 10.1 Å². The minimum absolute atomic E-state index is 0.0717. The average molecular weight is 413 g/mol. The van der Waals surface area contributed by atoms with E-state index in [0.29, 0.717) is 34.5 Å². The van der Waals surface area contributed by atoms with Crippen molar-refractivity contribution in [3.05, 3.63) is 65.6 Å². The lowest BCUT2D eigenvalue weighted by molar-refractivity contribution is -0.130. The Kier molecular flexibility index (Phi) is 6.51. The first kappa shape index (κ1) is 20.4. The number of ether oxygens (including phenoxy) is 1. The van der Waals surface area contributed by atoms with Gasteiger partial charge in [0.2, 0.25) is 11.8 Å². The van der Waals surface area contributed by atoms with Crippen molar-refractivity contribution in [2.75, 3.05) is 25.5 Å². The molecule has 0 saturated carbocycles. The number of anilines is 1. The molecule has 3 aromatic rings. The Labute approximate surface area is 173 Å². The molecule has 1 aromatic carbocycles. The fraction of sp³-hybridized carbons (Fsp3) is 0.190. The number of carbonyl (C=O) groups excluding carboxylic acids is 2. The van der Waals surface area contributed by atoms with Crippen LogP contribution in [0.1, 0.15) is 12.6 Å². The van der Waals surface area contributed by atoms with E-state index in [9.17, 15) is 9.59 Å². The van der Waals surface area contributed by atoms with E-state index in [2.05, 4.69) is 10.3 Å². The smallest absolute Gasteiger partial charge is 0.247 e. The van der Waals surface area contributed by atoms with E-state index >= 15 is 0 Å². The number of likely N-dealkylation sites (N-methyl/N-ethyl adjacent to an activating group) is 1. The molecule has 0 atom stereocenters. The summed E-state index contributed by atoms with van der Waals surface area (Å²) in [6.45, 7) is 2.12. The van der Waals surface area contributed by atoms with E-state index in [1.54, 1.807) is 41.9 Å². The third kappa shape index (κ3) is 4.94. The summed E-state index contributed by atoms with van der Waals surface area (Å²) in [5.41, 5.74) is 1.90. The van der Waals surface area contributed by atoms with Crippen LogP contribution in [0.5, 0.6) is 5.75 Å². The molecule has 0 aliphatic rings. The second-order valence-electron chi connectivity index (χ2n) is 6.18. The van der Waals surface area contributed by atoms with Gasteiger partial charge in [-0.2, -0.15) is 0 Å². The molecular weight excluding hydrogens is 392 g/mol. The topological polar surface area (TPSA) is 75.9 Å². The highest BCUT2D eigenvalue weighted by molar-refractivity contribution is 6.31. The van der Waals surface area contributed by atoms with Crippen molar-refractivity contribution in [1.82, 2.24) is 14.3 Å². The minimum Gasteiger partial charge on any atom is -0.497 e. The van der Waals surface area contributed by atoms with Gasteiger partial charge in [-0.3, -0.25) is 14.0 Å². The van der Waals surface area contributed by atoms with Gasteiger partial charge in [0, 0.05) is 30.6 Å². The summed E-state index contributed by atoms with van der Waals surface area (Å²) in [5.74, 6) is 0.0454. The van der Waals surface area contributed by atoms with Gasteiger partial charge in [-0.25, -0.2) is 4.98 Å². The first-order chi connectivity index (χ1) is 14.0. The van der Waals surface area contributed by atoms with Crippen LogP contribution >= 0.6 is 11.6 Å². The lowest BCUT2D eigenvalue weighted by atomic mass is 10.3. The van der Waals surface area contributed by atoms with Gasteiger partial charge in [0.25, 0.3) is 0 Å². The van der Waals surface area contributed by atoms with Crippen molar-refractivity contribution in [2.45, 2.75) is 6.92 Å². The van der Waals surface area contributed by atoms with Crippen LogP contribution in [0.4, 0.5) is 5.69 Å². The number of benzene rings is 1. The molecule has 0 radical (unpaired) electrons. The Balaban J connectivity index is 1.67. The van der Waals surface area contributed by atoms with Crippen molar-refractivity contribution < 1.29 is 14.3 Å². The fourth-order valence-electron chi connectivity index (χ4n) is 2.81. The Morgan fingerprint density at radius 1 is 1.28 bits per heavy atom. The number of imidazole rings is 1. The predicted molar refractivity (Wildman–Crippen MR) is 113 cm³/mol. The molecule has 0 unspecified atom stereocenters. The first-order valence-corrected chi connectivity index (χ1v) is 9.43. The number of hydrogen-bond acceptors (Lipinski definition) is 4. The molecule has 7 nitrogen and oxygen atoms in total. The Bertz CT molecular complexity index is 1060. The third-order valence-electron chi connectivity index (χ3n) is 4.29. The van der Waals surface area contributed by atoms with Gasteiger partial charge in [-0.15, -0.1) is 0 Å². The van der Waals surface area contributed by atoms with E-state index in [4.69, 9.17) is 16.3 Å². The van der Waals surface area contributed by atoms with Crippen molar-refractivity contribution in [1.29, 1.82) is 0 Å². The summed E-state index contributed by atoms with van der Waals surface area (Å²) < 4.78 is 6.93. The number of aromatic nitrogens is 2. The quantitative estimate of drug-likeness (QED) is 0.602. The number of carbonyl (C=O) groups is 2. The summed E-state index contributed by atoms with van der Waals surface area (Å²) in [4.78, 5) is 30.6. The van der Waals surface area contributed by atoms with Gasteiger partial charge < -0.3 is 15.0 Å². The lowest BCUT2D eigenvalue weighted by Gasteiger charge is -2.18. The number of nitrogens with one attached hydrogen (secondary N) is 1. The zero-order chi connectivity index (χ0) is 20.8. The van der Waals surface area contributed by atoms with Gasteiger partial charge in [-0.1, -0.05) is 23.7 Å². The monoisotopic (exact) mass is 412 g/mol. The first-order valence-electron chi connectivity index (χ1n) is 9.05. The highest BCUT2D eigenvalue weighted by atomic mass is 35.5.